The molecule has 7 rings (SSSR count). The van der Waals surface area contributed by atoms with Crippen molar-refractivity contribution in [2.24, 2.45) is 0 Å². The van der Waals surface area contributed by atoms with Gasteiger partial charge in [-0.1, -0.05) is 11.6 Å². The molecule has 14 heteroatoms. The Labute approximate surface area is 243 Å². The van der Waals surface area contributed by atoms with Crippen molar-refractivity contribution < 1.29 is 18.3 Å². The van der Waals surface area contributed by atoms with Gasteiger partial charge in [0.2, 0.25) is 5.88 Å². The SMILES string of the molecule is Cc1cc2c(nc1OCc1c(F)cc(Cl)cc1F)CN(Cc1nc3cc(-c4nnn[nH]4)ncc3n1C[C@@H]1CCO1)CC2. The number of nitrogens with one attached hydrogen (secondary N) is 1. The van der Waals surface area contributed by atoms with E-state index in [1.54, 1.807) is 6.20 Å². The standard InChI is InChI=1S/C28H26ClF2N9O2/c1-15-6-16-2-4-39(12-24(16)34-28(15)42-14-19-20(30)7-17(29)8-21(19)31)13-26-33-22-9-23(27-35-37-38-36-27)32-10-25(22)40(26)11-18-3-5-41-18/h6-10,18H,2-5,11-14H2,1H3,(H,35,36,37,38)/t18-/m0/s1. The van der Waals surface area contributed by atoms with Crippen LogP contribution in [0.25, 0.3) is 22.6 Å². The number of aryl methyl sites for hydroxylation is 1. The Bertz CT molecular complexity index is 1750. The molecule has 0 amide bonds. The summed E-state index contributed by atoms with van der Waals surface area (Å²) in [5.41, 5.74) is 4.95. The Morgan fingerprint density at radius 2 is 2.00 bits per heavy atom. The van der Waals surface area contributed by atoms with E-state index in [2.05, 4.69) is 35.1 Å². The van der Waals surface area contributed by atoms with E-state index in [4.69, 9.17) is 31.0 Å². The maximum atomic E-state index is 14.3. The summed E-state index contributed by atoms with van der Waals surface area (Å²) in [7, 11) is 0. The van der Waals surface area contributed by atoms with Crippen molar-refractivity contribution in [1.29, 1.82) is 0 Å². The number of benzene rings is 1. The molecular formula is C28H26ClF2N9O2. The van der Waals surface area contributed by atoms with Crippen LogP contribution in [0.1, 0.15) is 34.6 Å². The van der Waals surface area contributed by atoms with Crippen molar-refractivity contribution in [1.82, 2.24) is 45.0 Å². The number of pyridine rings is 2. The number of nitrogens with zero attached hydrogens (tertiary/aromatic N) is 8. The van der Waals surface area contributed by atoms with Crippen molar-refractivity contribution in [2.75, 3.05) is 13.2 Å². The summed E-state index contributed by atoms with van der Waals surface area (Å²) in [5, 5.41) is 14.0. The number of hydrogen-bond acceptors (Lipinski definition) is 9. The monoisotopic (exact) mass is 593 g/mol. The van der Waals surface area contributed by atoms with Gasteiger partial charge in [-0.2, -0.15) is 0 Å². The van der Waals surface area contributed by atoms with E-state index in [0.29, 0.717) is 37.0 Å². The number of H-pyrrole nitrogens is 1. The summed E-state index contributed by atoms with van der Waals surface area (Å²) in [6.45, 7) is 5.03. The third-order valence-corrected chi connectivity index (χ3v) is 7.93. The van der Waals surface area contributed by atoms with Gasteiger partial charge in [0.05, 0.1) is 47.7 Å². The van der Waals surface area contributed by atoms with Crippen molar-refractivity contribution >= 4 is 22.6 Å². The molecule has 0 spiro atoms. The Balaban J connectivity index is 1.13. The lowest BCUT2D eigenvalue weighted by molar-refractivity contribution is -0.0592. The van der Waals surface area contributed by atoms with Crippen LogP contribution >= 0.6 is 11.6 Å². The summed E-state index contributed by atoms with van der Waals surface area (Å²) in [5.74, 6) is 0.215. The van der Waals surface area contributed by atoms with Crippen LogP contribution in [0, 0.1) is 18.6 Å². The first-order valence-electron chi connectivity index (χ1n) is 13.6. The lowest BCUT2D eigenvalue weighted by Crippen LogP contribution is -2.34. The van der Waals surface area contributed by atoms with Gasteiger partial charge < -0.3 is 14.0 Å². The normalized spacial score (nSPS) is 16.9. The largest absolute Gasteiger partial charge is 0.472 e. The van der Waals surface area contributed by atoms with E-state index in [9.17, 15) is 8.78 Å². The van der Waals surface area contributed by atoms with Crippen LogP contribution in [0.4, 0.5) is 8.78 Å². The van der Waals surface area contributed by atoms with Crippen LogP contribution in [0.5, 0.6) is 5.88 Å². The zero-order valence-corrected chi connectivity index (χ0v) is 23.4. The zero-order chi connectivity index (χ0) is 28.8. The van der Waals surface area contributed by atoms with Crippen LogP contribution < -0.4 is 4.74 Å². The minimum atomic E-state index is -0.753. The third kappa shape index (κ3) is 5.19. The average Bonchev–Trinajstić information content (AvgIpc) is 3.58. The molecule has 0 aliphatic carbocycles. The molecule has 2 aliphatic heterocycles. The highest BCUT2D eigenvalue weighted by molar-refractivity contribution is 6.30. The van der Waals surface area contributed by atoms with E-state index in [0.717, 1.165) is 71.8 Å². The highest BCUT2D eigenvalue weighted by atomic mass is 35.5. The predicted molar refractivity (Wildman–Crippen MR) is 148 cm³/mol. The number of tetrazole rings is 1. The molecule has 1 saturated heterocycles. The highest BCUT2D eigenvalue weighted by Gasteiger charge is 2.26. The van der Waals surface area contributed by atoms with Crippen LogP contribution in [-0.4, -0.2) is 64.3 Å². The second kappa shape index (κ2) is 11.0. The Kier molecular flexibility index (Phi) is 7.00. The Morgan fingerprint density at radius 1 is 1.17 bits per heavy atom. The molecule has 1 atom stereocenters. The summed E-state index contributed by atoms with van der Waals surface area (Å²) in [4.78, 5) is 16.6. The number of hydrogen-bond donors (Lipinski definition) is 1. The molecule has 42 heavy (non-hydrogen) atoms. The lowest BCUT2D eigenvalue weighted by Gasteiger charge is -2.30. The third-order valence-electron chi connectivity index (χ3n) is 7.71. The van der Waals surface area contributed by atoms with E-state index in [-0.39, 0.29) is 23.3 Å². The summed E-state index contributed by atoms with van der Waals surface area (Å²) in [6.07, 6.45) is 3.75. The summed E-state index contributed by atoms with van der Waals surface area (Å²) in [6, 6.07) is 6.06. The number of halogens is 3. The smallest absolute Gasteiger partial charge is 0.216 e. The highest BCUT2D eigenvalue weighted by Crippen LogP contribution is 2.29. The molecule has 0 saturated carbocycles. The first kappa shape index (κ1) is 26.8. The van der Waals surface area contributed by atoms with E-state index in [1.807, 2.05) is 19.1 Å². The molecule has 216 valence electrons. The number of aromatic amines is 1. The summed E-state index contributed by atoms with van der Waals surface area (Å²) >= 11 is 5.75. The van der Waals surface area contributed by atoms with E-state index >= 15 is 0 Å². The van der Waals surface area contributed by atoms with Crippen molar-refractivity contribution in [3.63, 3.8) is 0 Å². The van der Waals surface area contributed by atoms with Gasteiger partial charge in [-0.15, -0.1) is 5.10 Å². The molecule has 1 aromatic carbocycles. The van der Waals surface area contributed by atoms with Gasteiger partial charge in [-0.3, -0.25) is 9.88 Å². The second-order valence-corrected chi connectivity index (χ2v) is 11.0. The molecule has 4 aromatic heterocycles. The molecule has 2 aliphatic rings. The minimum absolute atomic E-state index is 0.00510. The van der Waals surface area contributed by atoms with Crippen molar-refractivity contribution in [2.45, 2.75) is 52.1 Å². The maximum absolute atomic E-state index is 14.3. The first-order chi connectivity index (χ1) is 20.4. The molecule has 6 heterocycles. The second-order valence-electron chi connectivity index (χ2n) is 10.5. The zero-order valence-electron chi connectivity index (χ0n) is 22.6. The van der Waals surface area contributed by atoms with Crippen LogP contribution in [-0.2, 0) is 37.4 Å². The number of ether oxygens (including phenoxy) is 2. The fourth-order valence-electron chi connectivity index (χ4n) is 5.37. The van der Waals surface area contributed by atoms with Crippen LogP contribution in [0.3, 0.4) is 0 Å². The van der Waals surface area contributed by atoms with E-state index in [1.165, 1.54) is 0 Å². The van der Waals surface area contributed by atoms with E-state index < -0.39 is 11.6 Å². The molecule has 0 radical (unpaired) electrons. The fourth-order valence-corrected chi connectivity index (χ4v) is 5.56. The fraction of sp³-hybridized carbons (Fsp3) is 0.357. The average molecular weight is 594 g/mol. The van der Waals surface area contributed by atoms with Gasteiger partial charge in [-0.05, 0) is 60.0 Å². The number of aromatic nitrogens is 8. The molecule has 1 fully saturated rings. The minimum Gasteiger partial charge on any atom is -0.472 e. The number of imidazole rings is 1. The van der Waals surface area contributed by atoms with Crippen LogP contribution in [0.15, 0.2) is 30.5 Å². The molecule has 1 N–H and O–H groups in total. The topological polar surface area (TPSA) is 120 Å². The molecule has 0 bridgehead atoms. The van der Waals surface area contributed by atoms with Gasteiger partial charge in [0.1, 0.15) is 29.8 Å². The van der Waals surface area contributed by atoms with Gasteiger partial charge in [0.25, 0.3) is 0 Å². The summed E-state index contributed by atoms with van der Waals surface area (Å²) < 4.78 is 42.3. The number of fused-ring (bicyclic) bond motifs is 2. The quantitative estimate of drug-likeness (QED) is 0.283. The van der Waals surface area contributed by atoms with Gasteiger partial charge in [0, 0.05) is 30.3 Å². The van der Waals surface area contributed by atoms with Crippen molar-refractivity contribution in [3.8, 4) is 17.4 Å². The van der Waals surface area contributed by atoms with Crippen molar-refractivity contribution in [3.05, 3.63) is 75.3 Å². The first-order valence-corrected chi connectivity index (χ1v) is 14.0. The Hall–Kier alpha value is -4.07. The van der Waals surface area contributed by atoms with Gasteiger partial charge in [0.15, 0.2) is 5.82 Å². The van der Waals surface area contributed by atoms with Gasteiger partial charge in [-0.25, -0.2) is 23.8 Å². The lowest BCUT2D eigenvalue weighted by atomic mass is 10.0. The van der Waals surface area contributed by atoms with Gasteiger partial charge >= 0.3 is 0 Å². The Morgan fingerprint density at radius 3 is 2.74 bits per heavy atom. The molecular weight excluding hydrogens is 568 g/mol. The van der Waals surface area contributed by atoms with Crippen LogP contribution in [0.2, 0.25) is 5.02 Å². The number of rotatable bonds is 8. The molecule has 5 aromatic rings. The predicted octanol–water partition coefficient (Wildman–Crippen LogP) is 4.17. The maximum Gasteiger partial charge on any atom is 0.216 e. The molecule has 0 unspecified atom stereocenters. The molecule has 11 nitrogen and oxygen atoms in total.